The molecule has 3 aromatic rings. The smallest absolute Gasteiger partial charge is 0.257 e. The molecule has 4 rings (SSSR count). The van der Waals surface area contributed by atoms with E-state index in [9.17, 15) is 14.7 Å². The van der Waals surface area contributed by atoms with Crippen LogP contribution in [0.1, 0.15) is 65.8 Å². The molecule has 2 amide bonds. The molecule has 36 heavy (non-hydrogen) atoms. The highest BCUT2D eigenvalue weighted by molar-refractivity contribution is 7.23. The van der Waals surface area contributed by atoms with Crippen LogP contribution in [0, 0.1) is 0 Å². The lowest BCUT2D eigenvalue weighted by molar-refractivity contribution is 0.0715. The maximum atomic E-state index is 13.7. The lowest BCUT2D eigenvalue weighted by Gasteiger charge is -2.33. The number of aliphatic hydroxyl groups is 1. The maximum Gasteiger partial charge on any atom is 0.257 e. The zero-order chi connectivity index (χ0) is 25.7. The second-order valence-electron chi connectivity index (χ2n) is 9.08. The first kappa shape index (κ1) is 26.1. The zero-order valence-electron chi connectivity index (χ0n) is 21.3. The van der Waals surface area contributed by atoms with Crippen molar-refractivity contribution in [1.29, 1.82) is 0 Å². The summed E-state index contributed by atoms with van der Waals surface area (Å²) >= 11 is 1.48. The largest absolute Gasteiger partial charge is 0.361 e. The molecule has 0 bridgehead atoms. The standard InChI is InChI=1S/C28H36N4O3S/c1-4-29-28(35)30-25-24(22-12-7-8-13-23(22)36-25)27(34)32-16-14-19(15-17-32)20-10-9-11-21(18-20)26(33)31(5-2)6-3/h7-13,18-19,28-30,35H,4-6,14-17H2,1-3H3. The second-order valence-corrected chi connectivity index (χ2v) is 10.1. The number of piperidine rings is 1. The molecule has 1 unspecified atom stereocenters. The summed E-state index contributed by atoms with van der Waals surface area (Å²) in [6, 6.07) is 15.8. The third kappa shape index (κ3) is 5.56. The van der Waals surface area contributed by atoms with E-state index < -0.39 is 6.35 Å². The van der Waals surface area contributed by atoms with Gasteiger partial charge in [0.15, 0.2) is 6.35 Å². The zero-order valence-corrected chi connectivity index (χ0v) is 22.1. The molecule has 1 saturated heterocycles. The van der Waals surface area contributed by atoms with E-state index in [1.54, 1.807) is 0 Å². The van der Waals surface area contributed by atoms with Gasteiger partial charge in [-0.05, 0) is 62.9 Å². The highest BCUT2D eigenvalue weighted by Gasteiger charge is 2.29. The van der Waals surface area contributed by atoms with Gasteiger partial charge in [-0.25, -0.2) is 0 Å². The average molecular weight is 509 g/mol. The van der Waals surface area contributed by atoms with Crippen LogP contribution < -0.4 is 10.6 Å². The summed E-state index contributed by atoms with van der Waals surface area (Å²) in [5.74, 6) is 0.368. The Kier molecular flexibility index (Phi) is 8.61. The maximum absolute atomic E-state index is 13.7. The number of hydrogen-bond acceptors (Lipinski definition) is 6. The Hall–Kier alpha value is -2.94. The number of carbonyl (C=O) groups excluding carboxylic acids is 2. The fraction of sp³-hybridized carbons (Fsp3) is 0.429. The first-order valence-corrected chi connectivity index (χ1v) is 13.7. The number of fused-ring (bicyclic) bond motifs is 1. The minimum absolute atomic E-state index is 0.0115. The van der Waals surface area contributed by atoms with Crippen LogP contribution in [0.4, 0.5) is 5.00 Å². The van der Waals surface area contributed by atoms with Crippen molar-refractivity contribution in [2.24, 2.45) is 0 Å². The molecule has 0 radical (unpaired) electrons. The van der Waals surface area contributed by atoms with Crippen molar-refractivity contribution >= 4 is 38.2 Å². The van der Waals surface area contributed by atoms with Gasteiger partial charge in [-0.2, -0.15) is 0 Å². The van der Waals surface area contributed by atoms with Crippen molar-refractivity contribution in [3.8, 4) is 0 Å². The van der Waals surface area contributed by atoms with Crippen LogP contribution in [0.2, 0.25) is 0 Å². The highest BCUT2D eigenvalue weighted by Crippen LogP contribution is 2.38. The molecule has 0 spiro atoms. The summed E-state index contributed by atoms with van der Waals surface area (Å²) < 4.78 is 1.01. The average Bonchev–Trinajstić information content (AvgIpc) is 3.26. The van der Waals surface area contributed by atoms with Gasteiger partial charge in [0.2, 0.25) is 0 Å². The number of thiophene rings is 1. The van der Waals surface area contributed by atoms with E-state index in [4.69, 9.17) is 0 Å². The Balaban J connectivity index is 1.49. The van der Waals surface area contributed by atoms with Gasteiger partial charge in [0.25, 0.3) is 11.8 Å². The number of rotatable bonds is 9. The molecule has 7 nitrogen and oxygen atoms in total. The van der Waals surface area contributed by atoms with Gasteiger partial charge in [0.1, 0.15) is 5.00 Å². The molecular formula is C28H36N4O3S. The molecule has 2 heterocycles. The second kappa shape index (κ2) is 11.9. The molecule has 192 valence electrons. The van der Waals surface area contributed by atoms with Gasteiger partial charge in [-0.1, -0.05) is 37.3 Å². The quantitative estimate of drug-likeness (QED) is 0.365. The summed E-state index contributed by atoms with van der Waals surface area (Å²) in [7, 11) is 0. The van der Waals surface area contributed by atoms with E-state index in [1.165, 1.54) is 11.3 Å². The van der Waals surface area contributed by atoms with Gasteiger partial charge in [0, 0.05) is 41.8 Å². The van der Waals surface area contributed by atoms with Crippen molar-refractivity contribution < 1.29 is 14.7 Å². The minimum atomic E-state index is -0.924. The summed E-state index contributed by atoms with van der Waals surface area (Å²) in [6.45, 7) is 9.21. The number of amides is 2. The topological polar surface area (TPSA) is 84.9 Å². The van der Waals surface area contributed by atoms with E-state index in [0.717, 1.165) is 34.1 Å². The SMILES string of the molecule is CCNC(O)Nc1sc2ccccc2c1C(=O)N1CCC(c2cccc(C(=O)N(CC)CC)c2)CC1. The Bertz CT molecular complexity index is 1200. The van der Waals surface area contributed by atoms with Crippen LogP contribution in [0.25, 0.3) is 10.1 Å². The number of benzene rings is 2. The van der Waals surface area contributed by atoms with Crippen LogP contribution >= 0.6 is 11.3 Å². The van der Waals surface area contributed by atoms with Crippen LogP contribution in [-0.2, 0) is 0 Å². The highest BCUT2D eigenvalue weighted by atomic mass is 32.1. The van der Waals surface area contributed by atoms with E-state index in [-0.39, 0.29) is 11.8 Å². The van der Waals surface area contributed by atoms with Gasteiger partial charge in [-0.15, -0.1) is 11.3 Å². The minimum Gasteiger partial charge on any atom is -0.361 e. The normalized spacial score (nSPS) is 15.2. The van der Waals surface area contributed by atoms with Gasteiger partial charge in [-0.3, -0.25) is 14.9 Å². The molecule has 0 aliphatic carbocycles. The summed E-state index contributed by atoms with van der Waals surface area (Å²) in [5, 5.41) is 17.9. The van der Waals surface area contributed by atoms with Crippen LogP contribution in [0.15, 0.2) is 48.5 Å². The van der Waals surface area contributed by atoms with E-state index >= 15 is 0 Å². The Labute approximate surface area is 217 Å². The van der Waals surface area contributed by atoms with Crippen LogP contribution in [-0.4, -0.2) is 65.8 Å². The predicted molar refractivity (Wildman–Crippen MR) is 147 cm³/mol. The monoisotopic (exact) mass is 508 g/mol. The molecule has 3 N–H and O–H groups in total. The molecule has 0 saturated carbocycles. The van der Waals surface area contributed by atoms with Crippen LogP contribution in [0.3, 0.4) is 0 Å². The van der Waals surface area contributed by atoms with E-state index in [0.29, 0.717) is 49.2 Å². The Morgan fingerprint density at radius 3 is 2.50 bits per heavy atom. The van der Waals surface area contributed by atoms with Gasteiger partial charge in [0.05, 0.1) is 5.56 Å². The molecule has 2 aromatic carbocycles. The van der Waals surface area contributed by atoms with Crippen molar-refractivity contribution in [1.82, 2.24) is 15.1 Å². The first-order valence-electron chi connectivity index (χ1n) is 12.8. The Morgan fingerprint density at radius 2 is 1.81 bits per heavy atom. The van der Waals surface area contributed by atoms with Crippen molar-refractivity contribution in [3.63, 3.8) is 0 Å². The molecule has 1 fully saturated rings. The third-order valence-electron chi connectivity index (χ3n) is 6.91. The van der Waals surface area contributed by atoms with Crippen molar-refractivity contribution in [2.75, 3.05) is 38.0 Å². The molecule has 8 heteroatoms. The van der Waals surface area contributed by atoms with Crippen molar-refractivity contribution in [3.05, 3.63) is 65.2 Å². The lowest BCUT2D eigenvalue weighted by atomic mass is 9.88. The molecule has 1 aromatic heterocycles. The van der Waals surface area contributed by atoms with E-state index in [2.05, 4.69) is 16.7 Å². The number of anilines is 1. The van der Waals surface area contributed by atoms with Crippen LogP contribution in [0.5, 0.6) is 0 Å². The van der Waals surface area contributed by atoms with Gasteiger partial charge >= 0.3 is 0 Å². The third-order valence-corrected chi connectivity index (χ3v) is 8.01. The number of nitrogens with zero attached hydrogens (tertiary/aromatic N) is 2. The fourth-order valence-electron chi connectivity index (χ4n) is 4.92. The van der Waals surface area contributed by atoms with Gasteiger partial charge < -0.3 is 20.2 Å². The molecular weight excluding hydrogens is 472 g/mol. The number of aliphatic hydroxyl groups excluding tert-OH is 1. The fourth-order valence-corrected chi connectivity index (χ4v) is 6.04. The summed E-state index contributed by atoms with van der Waals surface area (Å²) in [5.41, 5.74) is 2.52. The summed E-state index contributed by atoms with van der Waals surface area (Å²) in [6.07, 6.45) is 0.769. The Morgan fingerprint density at radius 1 is 1.08 bits per heavy atom. The number of likely N-dealkylation sites (tertiary alicyclic amines) is 1. The number of carbonyl (C=O) groups is 2. The number of nitrogens with one attached hydrogen (secondary N) is 2. The molecule has 1 aliphatic heterocycles. The molecule has 1 aliphatic rings. The molecule has 1 atom stereocenters. The van der Waals surface area contributed by atoms with Crippen molar-refractivity contribution in [2.45, 2.75) is 45.9 Å². The predicted octanol–water partition coefficient (Wildman–Crippen LogP) is 4.70. The van der Waals surface area contributed by atoms with E-state index in [1.807, 2.05) is 73.0 Å². The number of hydrogen-bond donors (Lipinski definition) is 3. The lowest BCUT2D eigenvalue weighted by Crippen LogP contribution is -2.39. The first-order chi connectivity index (χ1) is 17.5. The summed E-state index contributed by atoms with van der Waals surface area (Å²) in [4.78, 5) is 30.3.